The third-order valence-electron chi connectivity index (χ3n) is 5.27. The normalized spacial score (nSPS) is 25.2. The molecular formula is C16H32N2O. The van der Waals surface area contributed by atoms with E-state index in [0.29, 0.717) is 5.92 Å². The lowest BCUT2D eigenvalue weighted by Gasteiger charge is -2.37. The molecule has 1 fully saturated rings. The maximum absolute atomic E-state index is 12.3. The summed E-state index contributed by atoms with van der Waals surface area (Å²) in [5, 5.41) is 3.11. The van der Waals surface area contributed by atoms with Crippen LogP contribution in [0.4, 0.5) is 0 Å². The molecule has 0 heterocycles. The van der Waals surface area contributed by atoms with Crippen molar-refractivity contribution in [2.24, 2.45) is 23.0 Å². The fourth-order valence-corrected chi connectivity index (χ4v) is 2.59. The molecule has 0 aromatic heterocycles. The van der Waals surface area contributed by atoms with Crippen molar-refractivity contribution in [3.8, 4) is 0 Å². The molecule has 1 aliphatic rings. The molecule has 112 valence electrons. The fourth-order valence-electron chi connectivity index (χ4n) is 2.59. The molecule has 0 atom stereocenters. The van der Waals surface area contributed by atoms with E-state index in [-0.39, 0.29) is 5.91 Å². The van der Waals surface area contributed by atoms with Crippen molar-refractivity contribution in [1.82, 2.24) is 5.32 Å². The first-order chi connectivity index (χ1) is 8.68. The van der Waals surface area contributed by atoms with Crippen LogP contribution < -0.4 is 11.1 Å². The van der Waals surface area contributed by atoms with Crippen molar-refractivity contribution in [2.45, 2.75) is 72.3 Å². The Labute approximate surface area is 118 Å². The second-order valence-corrected chi connectivity index (χ2v) is 7.35. The van der Waals surface area contributed by atoms with E-state index in [2.05, 4.69) is 12.2 Å². The second-order valence-electron chi connectivity index (χ2n) is 7.35. The first kappa shape index (κ1) is 16.5. The predicted octanol–water partition coefficient (Wildman–Crippen LogP) is 3.08. The Bertz CT molecular complexity index is 296. The number of carbonyl (C=O) groups is 1. The van der Waals surface area contributed by atoms with Gasteiger partial charge in [0, 0.05) is 12.1 Å². The van der Waals surface area contributed by atoms with Crippen LogP contribution in [0.5, 0.6) is 0 Å². The molecule has 1 amide bonds. The van der Waals surface area contributed by atoms with E-state index in [1.54, 1.807) is 0 Å². The highest BCUT2D eigenvalue weighted by molar-refractivity contribution is 5.83. The van der Waals surface area contributed by atoms with Crippen molar-refractivity contribution in [3.63, 3.8) is 0 Å². The lowest BCUT2D eigenvalue weighted by Crippen LogP contribution is -2.56. The van der Waals surface area contributed by atoms with Crippen molar-refractivity contribution >= 4 is 5.91 Å². The zero-order valence-corrected chi connectivity index (χ0v) is 13.4. The minimum atomic E-state index is -0.534. The fraction of sp³-hybridized carbons (Fsp3) is 0.938. The molecule has 0 bridgehead atoms. The van der Waals surface area contributed by atoms with Gasteiger partial charge in [-0.25, -0.2) is 0 Å². The Morgan fingerprint density at radius 2 is 1.58 bits per heavy atom. The van der Waals surface area contributed by atoms with Gasteiger partial charge in [0.05, 0.1) is 5.41 Å². The van der Waals surface area contributed by atoms with Crippen molar-refractivity contribution in [2.75, 3.05) is 6.54 Å². The predicted molar refractivity (Wildman–Crippen MR) is 80.8 cm³/mol. The highest BCUT2D eigenvalue weighted by atomic mass is 16.2. The maximum atomic E-state index is 12.3. The molecule has 0 saturated heterocycles. The summed E-state index contributed by atoms with van der Waals surface area (Å²) in [6, 6.07) is 0. The zero-order valence-electron chi connectivity index (χ0n) is 13.4. The van der Waals surface area contributed by atoms with Crippen LogP contribution >= 0.6 is 0 Å². The second kappa shape index (κ2) is 6.25. The Balaban J connectivity index is 2.39. The van der Waals surface area contributed by atoms with Crippen LogP contribution in [0.15, 0.2) is 0 Å². The number of rotatable bonds is 5. The maximum Gasteiger partial charge on any atom is 0.227 e. The Morgan fingerprint density at radius 3 is 2.00 bits per heavy atom. The molecule has 1 aliphatic carbocycles. The van der Waals surface area contributed by atoms with Gasteiger partial charge >= 0.3 is 0 Å². The van der Waals surface area contributed by atoms with E-state index in [1.165, 1.54) is 32.1 Å². The standard InChI is InChI=1S/C16H32N2O/c1-6-12-7-9-13(10-8-12)11-18-14(19)15(2,3)16(4,5)17/h12-13H,6-11,17H2,1-5H3,(H,18,19). The smallest absolute Gasteiger partial charge is 0.227 e. The van der Waals surface area contributed by atoms with Gasteiger partial charge in [0.15, 0.2) is 0 Å². The number of nitrogens with two attached hydrogens (primary N) is 1. The van der Waals surface area contributed by atoms with Gasteiger partial charge < -0.3 is 11.1 Å². The number of carbonyl (C=O) groups excluding carboxylic acids is 1. The van der Waals surface area contributed by atoms with Crippen LogP contribution in [0, 0.1) is 17.3 Å². The van der Waals surface area contributed by atoms with Gasteiger partial charge in [0.25, 0.3) is 0 Å². The number of hydrogen-bond donors (Lipinski definition) is 2. The SMILES string of the molecule is CCC1CCC(CNC(=O)C(C)(C)C(C)(C)N)CC1. The summed E-state index contributed by atoms with van der Waals surface area (Å²) in [5.41, 5.74) is 5.06. The number of amides is 1. The van der Waals surface area contributed by atoms with Crippen molar-refractivity contribution in [3.05, 3.63) is 0 Å². The molecule has 0 spiro atoms. The van der Waals surface area contributed by atoms with Crippen LogP contribution in [0.1, 0.15) is 66.7 Å². The monoisotopic (exact) mass is 268 g/mol. The van der Waals surface area contributed by atoms with Gasteiger partial charge in [0.1, 0.15) is 0 Å². The van der Waals surface area contributed by atoms with Gasteiger partial charge in [0.2, 0.25) is 5.91 Å². The molecule has 0 aromatic carbocycles. The molecule has 0 aromatic rings. The third-order valence-corrected chi connectivity index (χ3v) is 5.27. The summed E-state index contributed by atoms with van der Waals surface area (Å²) in [7, 11) is 0. The summed E-state index contributed by atoms with van der Waals surface area (Å²) in [6.07, 6.45) is 6.45. The summed E-state index contributed by atoms with van der Waals surface area (Å²) in [5.74, 6) is 1.65. The summed E-state index contributed by atoms with van der Waals surface area (Å²) < 4.78 is 0. The summed E-state index contributed by atoms with van der Waals surface area (Å²) in [4.78, 5) is 12.3. The van der Waals surface area contributed by atoms with E-state index >= 15 is 0 Å². The molecular weight excluding hydrogens is 236 g/mol. The molecule has 0 radical (unpaired) electrons. The van der Waals surface area contributed by atoms with E-state index in [0.717, 1.165) is 12.5 Å². The van der Waals surface area contributed by atoms with Crippen molar-refractivity contribution in [1.29, 1.82) is 0 Å². The first-order valence-corrected chi connectivity index (χ1v) is 7.75. The van der Waals surface area contributed by atoms with Crippen LogP contribution in [-0.2, 0) is 4.79 Å². The largest absolute Gasteiger partial charge is 0.355 e. The summed E-state index contributed by atoms with van der Waals surface area (Å²) in [6.45, 7) is 10.8. The highest BCUT2D eigenvalue weighted by Crippen LogP contribution is 2.31. The summed E-state index contributed by atoms with van der Waals surface area (Å²) >= 11 is 0. The molecule has 0 aliphatic heterocycles. The van der Waals surface area contributed by atoms with Crippen LogP contribution in [-0.4, -0.2) is 18.0 Å². The zero-order chi connectivity index (χ0) is 14.7. The van der Waals surface area contributed by atoms with Crippen LogP contribution in [0.3, 0.4) is 0 Å². The Kier molecular flexibility index (Phi) is 5.43. The molecule has 3 N–H and O–H groups in total. The number of hydrogen-bond acceptors (Lipinski definition) is 2. The van der Waals surface area contributed by atoms with Gasteiger partial charge in [-0.15, -0.1) is 0 Å². The molecule has 0 unspecified atom stereocenters. The number of nitrogens with one attached hydrogen (secondary N) is 1. The Morgan fingerprint density at radius 1 is 1.11 bits per heavy atom. The van der Waals surface area contributed by atoms with E-state index in [9.17, 15) is 4.79 Å². The van der Waals surface area contributed by atoms with Crippen molar-refractivity contribution < 1.29 is 4.79 Å². The van der Waals surface area contributed by atoms with E-state index in [4.69, 9.17) is 5.73 Å². The van der Waals surface area contributed by atoms with Crippen LogP contribution in [0.25, 0.3) is 0 Å². The average Bonchev–Trinajstić information content (AvgIpc) is 2.35. The Hall–Kier alpha value is -0.570. The van der Waals surface area contributed by atoms with Crippen LogP contribution in [0.2, 0.25) is 0 Å². The molecule has 19 heavy (non-hydrogen) atoms. The molecule has 1 saturated carbocycles. The molecule has 1 rings (SSSR count). The highest BCUT2D eigenvalue weighted by Gasteiger charge is 2.40. The van der Waals surface area contributed by atoms with E-state index in [1.807, 2.05) is 27.7 Å². The molecule has 3 nitrogen and oxygen atoms in total. The third kappa shape index (κ3) is 4.20. The minimum Gasteiger partial charge on any atom is -0.355 e. The quantitative estimate of drug-likeness (QED) is 0.805. The molecule has 3 heteroatoms. The minimum absolute atomic E-state index is 0.0811. The average molecular weight is 268 g/mol. The topological polar surface area (TPSA) is 55.1 Å². The van der Waals surface area contributed by atoms with Gasteiger partial charge in [-0.05, 0) is 52.4 Å². The van der Waals surface area contributed by atoms with E-state index < -0.39 is 11.0 Å². The van der Waals surface area contributed by atoms with Gasteiger partial charge in [-0.2, -0.15) is 0 Å². The lowest BCUT2D eigenvalue weighted by molar-refractivity contribution is -0.132. The van der Waals surface area contributed by atoms with Gasteiger partial charge in [-0.3, -0.25) is 4.79 Å². The first-order valence-electron chi connectivity index (χ1n) is 7.75. The van der Waals surface area contributed by atoms with Gasteiger partial charge in [-0.1, -0.05) is 26.2 Å². The lowest BCUT2D eigenvalue weighted by atomic mass is 9.74.